The monoisotopic (exact) mass is 441 g/mol. The molecule has 166 valence electrons. The van der Waals surface area contributed by atoms with Crippen molar-refractivity contribution in [2.75, 3.05) is 0 Å². The standard InChI is InChI=1S/C26H23N3O4/c1-18-9-8-14-29-23(30)15-21(27-25(18)29)17-33-24(31)16-22(19-10-4-2-5-11-19)28-26(32)20-12-6-3-7-13-20/h2-15,22H,16-17H2,1H3,(H,28,32). The fraction of sp³-hybridized carbons (Fsp3) is 0.154. The first-order valence-corrected chi connectivity index (χ1v) is 10.6. The fourth-order valence-corrected chi connectivity index (χ4v) is 3.53. The van der Waals surface area contributed by atoms with Gasteiger partial charge in [-0.25, -0.2) is 4.98 Å². The van der Waals surface area contributed by atoms with Crippen LogP contribution < -0.4 is 10.9 Å². The number of carbonyl (C=O) groups excluding carboxylic acids is 2. The number of nitrogens with one attached hydrogen (secondary N) is 1. The Balaban J connectivity index is 1.47. The minimum Gasteiger partial charge on any atom is -0.459 e. The van der Waals surface area contributed by atoms with Crippen LogP contribution >= 0.6 is 0 Å². The summed E-state index contributed by atoms with van der Waals surface area (Å²) in [5, 5.41) is 2.91. The van der Waals surface area contributed by atoms with Crippen molar-refractivity contribution in [3.05, 3.63) is 118 Å². The first-order chi connectivity index (χ1) is 16.0. The third-order valence-corrected chi connectivity index (χ3v) is 5.23. The summed E-state index contributed by atoms with van der Waals surface area (Å²) < 4.78 is 6.86. The minimum atomic E-state index is -0.566. The van der Waals surface area contributed by atoms with Crippen molar-refractivity contribution in [1.82, 2.24) is 14.7 Å². The van der Waals surface area contributed by atoms with Gasteiger partial charge in [-0.3, -0.25) is 18.8 Å². The summed E-state index contributed by atoms with van der Waals surface area (Å²) >= 11 is 0. The zero-order chi connectivity index (χ0) is 23.2. The number of hydrogen-bond acceptors (Lipinski definition) is 5. The maximum absolute atomic E-state index is 12.7. The first kappa shape index (κ1) is 22.0. The molecule has 0 bridgehead atoms. The van der Waals surface area contributed by atoms with E-state index in [1.807, 2.05) is 49.4 Å². The molecule has 0 saturated heterocycles. The zero-order valence-corrected chi connectivity index (χ0v) is 18.1. The molecule has 1 atom stereocenters. The molecule has 2 heterocycles. The number of carbonyl (C=O) groups is 2. The Kier molecular flexibility index (Phi) is 6.59. The van der Waals surface area contributed by atoms with Gasteiger partial charge in [0.2, 0.25) is 0 Å². The first-order valence-electron chi connectivity index (χ1n) is 10.6. The van der Waals surface area contributed by atoms with Gasteiger partial charge in [0.25, 0.3) is 11.5 Å². The maximum atomic E-state index is 12.7. The average molecular weight is 441 g/mol. The Labute approximate surface area is 190 Å². The maximum Gasteiger partial charge on any atom is 0.308 e. The van der Waals surface area contributed by atoms with E-state index in [2.05, 4.69) is 10.3 Å². The molecular weight excluding hydrogens is 418 g/mol. The molecule has 0 saturated carbocycles. The molecule has 1 amide bonds. The summed E-state index contributed by atoms with van der Waals surface area (Å²) in [6.45, 7) is 1.73. The van der Waals surface area contributed by atoms with Crippen molar-refractivity contribution in [3.8, 4) is 0 Å². The molecule has 0 aliphatic carbocycles. The van der Waals surface area contributed by atoms with Gasteiger partial charge in [-0.2, -0.15) is 0 Å². The highest BCUT2D eigenvalue weighted by Gasteiger charge is 2.20. The van der Waals surface area contributed by atoms with Crippen LogP contribution in [-0.4, -0.2) is 21.3 Å². The average Bonchev–Trinajstić information content (AvgIpc) is 2.84. The topological polar surface area (TPSA) is 89.8 Å². The Morgan fingerprint density at radius 2 is 1.70 bits per heavy atom. The van der Waals surface area contributed by atoms with Crippen LogP contribution in [0.1, 0.15) is 39.6 Å². The molecule has 1 N–H and O–H groups in total. The van der Waals surface area contributed by atoms with Crippen LogP contribution in [0.5, 0.6) is 0 Å². The molecule has 4 aromatic rings. The van der Waals surface area contributed by atoms with E-state index in [0.29, 0.717) is 16.9 Å². The lowest BCUT2D eigenvalue weighted by molar-refractivity contribution is -0.145. The quantitative estimate of drug-likeness (QED) is 0.443. The number of rotatable bonds is 7. The van der Waals surface area contributed by atoms with E-state index in [1.54, 1.807) is 36.5 Å². The lowest BCUT2D eigenvalue weighted by Crippen LogP contribution is -2.30. The van der Waals surface area contributed by atoms with E-state index in [0.717, 1.165) is 11.1 Å². The molecule has 0 spiro atoms. The fourth-order valence-electron chi connectivity index (χ4n) is 3.53. The van der Waals surface area contributed by atoms with Crippen LogP contribution in [0.4, 0.5) is 0 Å². The lowest BCUT2D eigenvalue weighted by Gasteiger charge is -2.19. The largest absolute Gasteiger partial charge is 0.459 e. The van der Waals surface area contributed by atoms with E-state index in [4.69, 9.17) is 4.74 Å². The number of aryl methyl sites for hydroxylation is 1. The summed E-state index contributed by atoms with van der Waals surface area (Å²) in [6, 6.07) is 22.5. The number of pyridine rings is 1. The number of fused-ring (bicyclic) bond motifs is 1. The summed E-state index contributed by atoms with van der Waals surface area (Å²) in [7, 11) is 0. The van der Waals surface area contributed by atoms with E-state index in [1.165, 1.54) is 10.5 Å². The SMILES string of the molecule is Cc1cccn2c(=O)cc(COC(=O)CC(NC(=O)c3ccccc3)c3ccccc3)nc12. The Morgan fingerprint density at radius 3 is 2.42 bits per heavy atom. The molecule has 4 rings (SSSR count). The predicted octanol–water partition coefficient (Wildman–Crippen LogP) is 3.61. The van der Waals surface area contributed by atoms with Gasteiger partial charge in [-0.05, 0) is 36.2 Å². The molecule has 2 aromatic heterocycles. The molecule has 0 radical (unpaired) electrons. The van der Waals surface area contributed by atoms with Crippen molar-refractivity contribution in [2.24, 2.45) is 0 Å². The number of benzene rings is 2. The van der Waals surface area contributed by atoms with Gasteiger partial charge in [-0.1, -0.05) is 54.6 Å². The van der Waals surface area contributed by atoms with Gasteiger partial charge in [-0.15, -0.1) is 0 Å². The van der Waals surface area contributed by atoms with Crippen molar-refractivity contribution in [1.29, 1.82) is 0 Å². The van der Waals surface area contributed by atoms with Gasteiger partial charge >= 0.3 is 5.97 Å². The molecule has 2 aromatic carbocycles. The number of nitrogens with zero attached hydrogens (tertiary/aromatic N) is 2. The smallest absolute Gasteiger partial charge is 0.308 e. The van der Waals surface area contributed by atoms with Crippen LogP contribution in [0.25, 0.3) is 5.65 Å². The van der Waals surface area contributed by atoms with Gasteiger partial charge in [0, 0.05) is 17.8 Å². The van der Waals surface area contributed by atoms with E-state index < -0.39 is 12.0 Å². The second kappa shape index (κ2) is 9.91. The van der Waals surface area contributed by atoms with E-state index in [9.17, 15) is 14.4 Å². The highest BCUT2D eigenvalue weighted by atomic mass is 16.5. The zero-order valence-electron chi connectivity index (χ0n) is 18.1. The van der Waals surface area contributed by atoms with Crippen molar-refractivity contribution in [3.63, 3.8) is 0 Å². The highest BCUT2D eigenvalue weighted by Crippen LogP contribution is 2.19. The van der Waals surface area contributed by atoms with E-state index in [-0.39, 0.29) is 24.5 Å². The van der Waals surface area contributed by atoms with Gasteiger partial charge in [0.15, 0.2) is 0 Å². The molecule has 0 aliphatic rings. The Morgan fingerprint density at radius 1 is 1.00 bits per heavy atom. The number of ether oxygens (including phenoxy) is 1. The lowest BCUT2D eigenvalue weighted by atomic mass is 10.0. The van der Waals surface area contributed by atoms with Crippen molar-refractivity contribution >= 4 is 17.5 Å². The summed E-state index contributed by atoms with van der Waals surface area (Å²) in [5.41, 5.74) is 2.78. The summed E-state index contributed by atoms with van der Waals surface area (Å²) in [5.74, 6) is -0.791. The molecule has 33 heavy (non-hydrogen) atoms. The molecule has 1 unspecified atom stereocenters. The summed E-state index contributed by atoms with van der Waals surface area (Å²) in [6.07, 6.45) is 1.58. The second-order valence-electron chi connectivity index (χ2n) is 7.64. The number of aromatic nitrogens is 2. The molecule has 7 heteroatoms. The van der Waals surface area contributed by atoms with Crippen LogP contribution in [-0.2, 0) is 16.1 Å². The predicted molar refractivity (Wildman–Crippen MR) is 124 cm³/mol. The summed E-state index contributed by atoms with van der Waals surface area (Å²) in [4.78, 5) is 42.1. The van der Waals surface area contributed by atoms with E-state index >= 15 is 0 Å². The number of hydrogen-bond donors (Lipinski definition) is 1. The van der Waals surface area contributed by atoms with Crippen LogP contribution in [0.3, 0.4) is 0 Å². The number of amides is 1. The van der Waals surface area contributed by atoms with Crippen LogP contribution in [0.15, 0.2) is 89.9 Å². The Hall–Kier alpha value is -4.26. The highest BCUT2D eigenvalue weighted by molar-refractivity contribution is 5.94. The van der Waals surface area contributed by atoms with Crippen molar-refractivity contribution < 1.29 is 14.3 Å². The minimum absolute atomic E-state index is 0.0613. The molecule has 7 nitrogen and oxygen atoms in total. The van der Waals surface area contributed by atoms with Crippen LogP contribution in [0, 0.1) is 6.92 Å². The van der Waals surface area contributed by atoms with Gasteiger partial charge in [0.1, 0.15) is 12.3 Å². The molecule has 0 aliphatic heterocycles. The van der Waals surface area contributed by atoms with Crippen LogP contribution in [0.2, 0.25) is 0 Å². The Bertz CT molecular complexity index is 1330. The van der Waals surface area contributed by atoms with Gasteiger partial charge < -0.3 is 10.1 Å². The second-order valence-corrected chi connectivity index (χ2v) is 7.64. The van der Waals surface area contributed by atoms with Crippen molar-refractivity contribution in [2.45, 2.75) is 26.0 Å². The third-order valence-electron chi connectivity index (χ3n) is 5.23. The molecular formula is C26H23N3O4. The normalized spacial score (nSPS) is 11.7. The number of esters is 1. The third kappa shape index (κ3) is 5.33. The molecule has 0 fully saturated rings. The van der Waals surface area contributed by atoms with Gasteiger partial charge in [0.05, 0.1) is 18.2 Å².